The Hall–Kier alpha value is -2.32. The Kier molecular flexibility index (Phi) is 8.32. The molecule has 0 bridgehead atoms. The molecule has 1 aliphatic carbocycles. The maximum atomic E-state index is 13.2. The summed E-state index contributed by atoms with van der Waals surface area (Å²) in [6, 6.07) is 6.66. The smallest absolute Gasteiger partial charge is 0.260 e. The van der Waals surface area contributed by atoms with Crippen LogP contribution in [0, 0.1) is 13.8 Å². The first-order valence-electron chi connectivity index (χ1n) is 12.1. The van der Waals surface area contributed by atoms with E-state index >= 15 is 0 Å². The van der Waals surface area contributed by atoms with Gasteiger partial charge in [-0.3, -0.25) is 9.69 Å². The van der Waals surface area contributed by atoms with E-state index in [1.165, 1.54) is 41.7 Å². The average Bonchev–Trinajstić information content (AvgIpc) is 3.26. The first kappa shape index (κ1) is 24.8. The van der Waals surface area contributed by atoms with Crippen molar-refractivity contribution in [2.45, 2.75) is 64.6 Å². The molecule has 4 rings (SSSR count). The van der Waals surface area contributed by atoms with Gasteiger partial charge in [0.15, 0.2) is 0 Å². The lowest BCUT2D eigenvalue weighted by atomic mass is 9.94. The lowest BCUT2D eigenvalue weighted by Gasteiger charge is -2.35. The lowest BCUT2D eigenvalue weighted by Crippen LogP contribution is -2.43. The number of H-pyrrole nitrogens is 1. The third-order valence-electron chi connectivity index (χ3n) is 6.75. The van der Waals surface area contributed by atoms with Gasteiger partial charge in [-0.1, -0.05) is 43.5 Å². The minimum atomic E-state index is -0.601. The van der Waals surface area contributed by atoms with Gasteiger partial charge in [0.05, 0.1) is 31.2 Å². The average molecular weight is 482 g/mol. The summed E-state index contributed by atoms with van der Waals surface area (Å²) < 4.78 is 5.45. The first-order valence-corrected chi connectivity index (χ1v) is 13.0. The molecule has 182 valence electrons. The van der Waals surface area contributed by atoms with Crippen LogP contribution < -0.4 is 5.56 Å². The number of aliphatic hydroxyl groups excluding tert-OH is 1. The summed E-state index contributed by atoms with van der Waals surface area (Å²) in [5.41, 5.74) is 4.31. The number of benzene rings is 1. The van der Waals surface area contributed by atoms with E-state index < -0.39 is 6.10 Å². The highest BCUT2D eigenvalue weighted by molar-refractivity contribution is 7.17. The van der Waals surface area contributed by atoms with Crippen LogP contribution in [0.25, 0.3) is 21.3 Å². The van der Waals surface area contributed by atoms with Crippen molar-refractivity contribution in [1.82, 2.24) is 14.9 Å². The molecule has 3 aromatic rings. The standard InChI is InChI=1S/C27H35N3O3S/c1-4-12-33-16-22(31)14-30(21-8-6-5-7-9-21)15-24-28-26(32)25-23(17-34-27(25)29-24)20-11-10-18(2)19(3)13-20/h4,10-11,13,17,21-22,31H,1,5-9,12,14-16H2,2-3H3,(H,28,29,32)/t22-/m1/s1. The number of nitrogens with zero attached hydrogens (tertiary/aromatic N) is 2. The van der Waals surface area contributed by atoms with Gasteiger partial charge >= 0.3 is 0 Å². The molecule has 1 fully saturated rings. The maximum absolute atomic E-state index is 13.2. The first-order chi connectivity index (χ1) is 16.5. The summed E-state index contributed by atoms with van der Waals surface area (Å²) in [4.78, 5) is 24.1. The molecule has 1 saturated carbocycles. The maximum Gasteiger partial charge on any atom is 0.260 e. The number of aromatic amines is 1. The van der Waals surface area contributed by atoms with Gasteiger partial charge < -0.3 is 14.8 Å². The number of aliphatic hydroxyl groups is 1. The number of nitrogens with one attached hydrogen (secondary N) is 1. The Bertz CT molecular complexity index is 1180. The number of thiophene rings is 1. The summed E-state index contributed by atoms with van der Waals surface area (Å²) in [5, 5.41) is 13.2. The van der Waals surface area contributed by atoms with Gasteiger partial charge in [-0.05, 0) is 43.4 Å². The molecule has 0 radical (unpaired) electrons. The van der Waals surface area contributed by atoms with Gasteiger partial charge in [-0.2, -0.15) is 0 Å². The summed E-state index contributed by atoms with van der Waals surface area (Å²) in [6.45, 7) is 9.51. The van der Waals surface area contributed by atoms with Crippen molar-refractivity contribution in [3.8, 4) is 11.1 Å². The lowest BCUT2D eigenvalue weighted by molar-refractivity contribution is 0.00880. The molecular formula is C27H35N3O3S. The Labute approximate surface area is 205 Å². The molecule has 2 aromatic heterocycles. The fourth-order valence-electron chi connectivity index (χ4n) is 4.78. The SMILES string of the molecule is C=CCOC[C@H](O)CN(Cc1nc2scc(-c3ccc(C)c(C)c3)c2c(=O)[nH]1)C1CCCCC1. The van der Waals surface area contributed by atoms with Crippen LogP contribution in [0.4, 0.5) is 0 Å². The summed E-state index contributed by atoms with van der Waals surface area (Å²) in [6.07, 6.45) is 6.92. The number of aryl methyl sites for hydroxylation is 2. The van der Waals surface area contributed by atoms with Crippen LogP contribution in [0.1, 0.15) is 49.1 Å². The molecular weight excluding hydrogens is 446 g/mol. The number of fused-ring (bicyclic) bond motifs is 1. The van der Waals surface area contributed by atoms with Crippen molar-refractivity contribution in [3.05, 3.63) is 63.5 Å². The highest BCUT2D eigenvalue weighted by atomic mass is 32.1. The largest absolute Gasteiger partial charge is 0.389 e. The van der Waals surface area contributed by atoms with E-state index in [9.17, 15) is 9.90 Å². The van der Waals surface area contributed by atoms with Gasteiger partial charge in [0.2, 0.25) is 0 Å². The van der Waals surface area contributed by atoms with Crippen molar-refractivity contribution in [2.75, 3.05) is 19.8 Å². The quantitative estimate of drug-likeness (QED) is 0.316. The number of hydrogen-bond donors (Lipinski definition) is 2. The second-order valence-electron chi connectivity index (χ2n) is 9.34. The number of aromatic nitrogens is 2. The van der Waals surface area contributed by atoms with E-state index in [0.717, 1.165) is 28.8 Å². The molecule has 0 amide bonds. The molecule has 7 heteroatoms. The minimum absolute atomic E-state index is 0.104. The fraction of sp³-hybridized carbons (Fsp3) is 0.481. The van der Waals surface area contributed by atoms with Gasteiger partial charge in [-0.15, -0.1) is 17.9 Å². The van der Waals surface area contributed by atoms with E-state index in [1.54, 1.807) is 6.08 Å². The number of ether oxygens (including phenoxy) is 1. The number of rotatable bonds is 10. The van der Waals surface area contributed by atoms with Gasteiger partial charge in [-0.25, -0.2) is 4.98 Å². The van der Waals surface area contributed by atoms with E-state index in [2.05, 4.69) is 48.5 Å². The zero-order chi connectivity index (χ0) is 24.1. The van der Waals surface area contributed by atoms with Crippen molar-refractivity contribution >= 4 is 21.6 Å². The molecule has 1 atom stereocenters. The van der Waals surface area contributed by atoms with E-state index in [1.807, 2.05) is 5.38 Å². The van der Waals surface area contributed by atoms with Crippen LogP contribution >= 0.6 is 11.3 Å². The van der Waals surface area contributed by atoms with E-state index in [0.29, 0.717) is 36.9 Å². The van der Waals surface area contributed by atoms with Gasteiger partial charge in [0, 0.05) is 23.5 Å². The van der Waals surface area contributed by atoms with Crippen LogP contribution in [0.2, 0.25) is 0 Å². The predicted octanol–water partition coefficient (Wildman–Crippen LogP) is 4.97. The Morgan fingerprint density at radius 3 is 2.82 bits per heavy atom. The van der Waals surface area contributed by atoms with Crippen LogP contribution in [0.15, 0.2) is 41.0 Å². The predicted molar refractivity (Wildman–Crippen MR) is 139 cm³/mol. The highest BCUT2D eigenvalue weighted by Gasteiger charge is 2.25. The van der Waals surface area contributed by atoms with Crippen molar-refractivity contribution in [3.63, 3.8) is 0 Å². The topological polar surface area (TPSA) is 78.5 Å². The molecule has 1 aliphatic rings. The van der Waals surface area contributed by atoms with E-state index in [-0.39, 0.29) is 12.2 Å². The van der Waals surface area contributed by atoms with Crippen molar-refractivity contribution in [2.24, 2.45) is 0 Å². The second-order valence-corrected chi connectivity index (χ2v) is 10.2. The molecule has 0 aliphatic heterocycles. The molecule has 0 spiro atoms. The van der Waals surface area contributed by atoms with Crippen LogP contribution in [0.3, 0.4) is 0 Å². The molecule has 1 aromatic carbocycles. The third-order valence-corrected chi connectivity index (χ3v) is 7.62. The molecule has 0 saturated heterocycles. The fourth-order valence-corrected chi connectivity index (χ4v) is 5.75. The Morgan fingerprint density at radius 1 is 1.29 bits per heavy atom. The summed E-state index contributed by atoms with van der Waals surface area (Å²) >= 11 is 1.51. The van der Waals surface area contributed by atoms with Crippen LogP contribution in [-0.4, -0.2) is 51.9 Å². The highest BCUT2D eigenvalue weighted by Crippen LogP contribution is 2.32. The third kappa shape index (κ3) is 5.84. The minimum Gasteiger partial charge on any atom is -0.389 e. The van der Waals surface area contributed by atoms with Crippen LogP contribution in [0.5, 0.6) is 0 Å². The number of hydrogen-bond acceptors (Lipinski definition) is 6. The molecule has 2 N–H and O–H groups in total. The summed E-state index contributed by atoms with van der Waals surface area (Å²) in [7, 11) is 0. The van der Waals surface area contributed by atoms with Crippen LogP contribution in [-0.2, 0) is 11.3 Å². The van der Waals surface area contributed by atoms with Crippen molar-refractivity contribution in [1.29, 1.82) is 0 Å². The molecule has 2 heterocycles. The molecule has 0 unspecified atom stereocenters. The molecule has 6 nitrogen and oxygen atoms in total. The van der Waals surface area contributed by atoms with Crippen molar-refractivity contribution < 1.29 is 9.84 Å². The Morgan fingerprint density at radius 2 is 2.09 bits per heavy atom. The van der Waals surface area contributed by atoms with Gasteiger partial charge in [0.25, 0.3) is 5.56 Å². The van der Waals surface area contributed by atoms with E-state index in [4.69, 9.17) is 9.72 Å². The zero-order valence-electron chi connectivity index (χ0n) is 20.2. The normalized spacial score (nSPS) is 15.8. The summed E-state index contributed by atoms with van der Waals surface area (Å²) in [5.74, 6) is 0.649. The molecule has 34 heavy (non-hydrogen) atoms. The Balaban J connectivity index is 1.58. The zero-order valence-corrected chi connectivity index (χ0v) is 21.0. The van der Waals surface area contributed by atoms with Gasteiger partial charge in [0.1, 0.15) is 10.7 Å². The second kappa shape index (κ2) is 11.4. The monoisotopic (exact) mass is 481 g/mol.